The van der Waals surface area contributed by atoms with Gasteiger partial charge < -0.3 is 10.1 Å². The quantitative estimate of drug-likeness (QED) is 0.817. The van der Waals surface area contributed by atoms with Crippen molar-refractivity contribution in [1.82, 2.24) is 10.3 Å². The number of ether oxygens (including phenoxy) is 1. The molecule has 1 fully saturated rings. The maximum atomic E-state index is 5.21. The highest BCUT2D eigenvalue weighted by Crippen LogP contribution is 2.38. The Morgan fingerprint density at radius 1 is 1.38 bits per heavy atom. The van der Waals surface area contributed by atoms with Crippen LogP contribution in [0.15, 0.2) is 24.5 Å². The SMILES string of the molecule is COc1cncc(C2=CC3CNCC3C2)c1. The van der Waals surface area contributed by atoms with E-state index in [-0.39, 0.29) is 0 Å². The van der Waals surface area contributed by atoms with Crippen molar-refractivity contribution in [2.24, 2.45) is 11.8 Å². The van der Waals surface area contributed by atoms with Crippen molar-refractivity contribution < 1.29 is 4.74 Å². The molecule has 3 nitrogen and oxygen atoms in total. The summed E-state index contributed by atoms with van der Waals surface area (Å²) in [6.45, 7) is 2.29. The molecule has 1 saturated heterocycles. The first-order valence-corrected chi connectivity index (χ1v) is 5.77. The Labute approximate surface area is 95.5 Å². The number of fused-ring (bicyclic) bond motifs is 1. The van der Waals surface area contributed by atoms with Crippen LogP contribution in [0.1, 0.15) is 12.0 Å². The number of hydrogen-bond donors (Lipinski definition) is 1. The van der Waals surface area contributed by atoms with Crippen LogP contribution in [0.5, 0.6) is 5.75 Å². The first-order chi connectivity index (χ1) is 7.86. The van der Waals surface area contributed by atoms with E-state index in [0.717, 1.165) is 30.7 Å². The monoisotopic (exact) mass is 216 g/mol. The molecule has 0 spiro atoms. The minimum absolute atomic E-state index is 0.723. The number of hydrogen-bond acceptors (Lipinski definition) is 3. The fourth-order valence-corrected chi connectivity index (χ4v) is 2.70. The van der Waals surface area contributed by atoms with Crippen molar-refractivity contribution in [3.63, 3.8) is 0 Å². The minimum atomic E-state index is 0.723. The van der Waals surface area contributed by atoms with Crippen molar-refractivity contribution in [3.05, 3.63) is 30.1 Å². The Morgan fingerprint density at radius 3 is 3.12 bits per heavy atom. The normalized spacial score (nSPS) is 27.7. The van der Waals surface area contributed by atoms with Crippen molar-refractivity contribution in [3.8, 4) is 5.75 Å². The maximum Gasteiger partial charge on any atom is 0.137 e. The van der Waals surface area contributed by atoms with Gasteiger partial charge in [-0.05, 0) is 42.0 Å². The zero-order chi connectivity index (χ0) is 11.0. The number of nitrogens with one attached hydrogen (secondary N) is 1. The van der Waals surface area contributed by atoms with E-state index in [1.807, 2.05) is 6.20 Å². The van der Waals surface area contributed by atoms with Crippen molar-refractivity contribution in [2.75, 3.05) is 20.2 Å². The molecule has 1 aliphatic carbocycles. The van der Waals surface area contributed by atoms with Crippen LogP contribution in [0.3, 0.4) is 0 Å². The molecular weight excluding hydrogens is 200 g/mol. The summed E-state index contributed by atoms with van der Waals surface area (Å²) in [5, 5.41) is 3.43. The summed E-state index contributed by atoms with van der Waals surface area (Å²) in [4.78, 5) is 4.21. The lowest BCUT2D eigenvalue weighted by Crippen LogP contribution is -2.09. The first-order valence-electron chi connectivity index (χ1n) is 5.77. The lowest BCUT2D eigenvalue weighted by atomic mass is 9.99. The van der Waals surface area contributed by atoms with Crippen LogP contribution in [0.2, 0.25) is 0 Å². The van der Waals surface area contributed by atoms with Gasteiger partial charge in [-0.25, -0.2) is 0 Å². The van der Waals surface area contributed by atoms with Gasteiger partial charge >= 0.3 is 0 Å². The van der Waals surface area contributed by atoms with E-state index in [1.165, 1.54) is 17.6 Å². The fraction of sp³-hybridized carbons (Fsp3) is 0.462. The second-order valence-electron chi connectivity index (χ2n) is 4.59. The Kier molecular flexibility index (Phi) is 2.40. The van der Waals surface area contributed by atoms with Gasteiger partial charge in [0.15, 0.2) is 0 Å². The van der Waals surface area contributed by atoms with Crippen molar-refractivity contribution in [1.29, 1.82) is 0 Å². The molecule has 1 aromatic heterocycles. The van der Waals surface area contributed by atoms with Gasteiger partial charge in [0.05, 0.1) is 13.3 Å². The zero-order valence-corrected chi connectivity index (χ0v) is 9.44. The predicted octanol–water partition coefficient (Wildman–Crippen LogP) is 1.71. The molecule has 2 atom stereocenters. The highest BCUT2D eigenvalue weighted by molar-refractivity contribution is 5.68. The van der Waals surface area contributed by atoms with Crippen LogP contribution in [-0.2, 0) is 0 Å². The summed E-state index contributed by atoms with van der Waals surface area (Å²) in [5.74, 6) is 2.36. The standard InChI is InChI=1S/C13H16N2O/c1-16-13-4-12(7-15-8-13)9-2-10-5-14-6-11(10)3-9/h2,4,7-8,10-11,14H,3,5-6H2,1H3. The second-order valence-corrected chi connectivity index (χ2v) is 4.59. The molecule has 1 aliphatic heterocycles. The van der Waals surface area contributed by atoms with Gasteiger partial charge in [0, 0.05) is 12.7 Å². The summed E-state index contributed by atoms with van der Waals surface area (Å²) < 4.78 is 5.21. The molecule has 2 unspecified atom stereocenters. The number of aromatic nitrogens is 1. The molecule has 1 N–H and O–H groups in total. The molecule has 1 aromatic rings. The van der Waals surface area contributed by atoms with E-state index in [9.17, 15) is 0 Å². The van der Waals surface area contributed by atoms with E-state index in [4.69, 9.17) is 4.74 Å². The molecule has 0 saturated carbocycles. The molecule has 84 valence electrons. The van der Waals surface area contributed by atoms with Gasteiger partial charge in [-0.15, -0.1) is 0 Å². The van der Waals surface area contributed by atoms with Crippen LogP contribution < -0.4 is 10.1 Å². The Hall–Kier alpha value is -1.35. The molecule has 0 amide bonds. The number of methoxy groups -OCH3 is 1. The highest BCUT2D eigenvalue weighted by atomic mass is 16.5. The van der Waals surface area contributed by atoms with Crippen LogP contribution >= 0.6 is 0 Å². The number of pyridine rings is 1. The third-order valence-electron chi connectivity index (χ3n) is 3.61. The van der Waals surface area contributed by atoms with Crippen molar-refractivity contribution in [2.45, 2.75) is 6.42 Å². The summed E-state index contributed by atoms with van der Waals surface area (Å²) in [5.41, 5.74) is 2.65. The summed E-state index contributed by atoms with van der Waals surface area (Å²) in [6, 6.07) is 2.08. The largest absolute Gasteiger partial charge is 0.495 e. The second kappa shape index (κ2) is 3.91. The number of nitrogens with zero attached hydrogens (tertiary/aromatic N) is 1. The molecule has 2 aliphatic rings. The lowest BCUT2D eigenvalue weighted by molar-refractivity contribution is 0.412. The number of rotatable bonds is 2. The third-order valence-corrected chi connectivity index (χ3v) is 3.61. The van der Waals surface area contributed by atoms with Gasteiger partial charge in [0.2, 0.25) is 0 Å². The summed E-state index contributed by atoms with van der Waals surface area (Å²) in [6.07, 6.45) is 7.26. The molecule has 16 heavy (non-hydrogen) atoms. The topological polar surface area (TPSA) is 34.1 Å². The predicted molar refractivity (Wildman–Crippen MR) is 63.2 cm³/mol. The van der Waals surface area contributed by atoms with Gasteiger partial charge in [0.25, 0.3) is 0 Å². The maximum absolute atomic E-state index is 5.21. The van der Waals surface area contributed by atoms with Gasteiger partial charge in [-0.2, -0.15) is 0 Å². The summed E-state index contributed by atoms with van der Waals surface area (Å²) >= 11 is 0. The Balaban J connectivity index is 1.87. The molecule has 0 radical (unpaired) electrons. The lowest BCUT2D eigenvalue weighted by Gasteiger charge is -2.07. The Morgan fingerprint density at radius 2 is 2.31 bits per heavy atom. The highest BCUT2D eigenvalue weighted by Gasteiger charge is 2.31. The summed E-state index contributed by atoms with van der Waals surface area (Å²) in [7, 11) is 1.68. The Bertz CT molecular complexity index is 428. The van der Waals surface area contributed by atoms with Crippen LogP contribution in [0.25, 0.3) is 5.57 Å². The third kappa shape index (κ3) is 1.61. The average molecular weight is 216 g/mol. The van der Waals surface area contributed by atoms with Crippen LogP contribution in [0.4, 0.5) is 0 Å². The molecule has 0 aromatic carbocycles. The van der Waals surface area contributed by atoms with Crippen molar-refractivity contribution >= 4 is 5.57 Å². The zero-order valence-electron chi connectivity index (χ0n) is 9.44. The average Bonchev–Trinajstić information content (AvgIpc) is 2.89. The van der Waals surface area contributed by atoms with Gasteiger partial charge in [0.1, 0.15) is 5.75 Å². The smallest absolute Gasteiger partial charge is 0.137 e. The van der Waals surface area contributed by atoms with E-state index in [0.29, 0.717) is 0 Å². The van der Waals surface area contributed by atoms with E-state index < -0.39 is 0 Å². The molecule has 2 heterocycles. The van der Waals surface area contributed by atoms with Crippen LogP contribution in [-0.4, -0.2) is 25.2 Å². The van der Waals surface area contributed by atoms with Crippen LogP contribution in [0, 0.1) is 11.8 Å². The molecule has 0 bridgehead atoms. The van der Waals surface area contributed by atoms with Gasteiger partial charge in [-0.1, -0.05) is 6.08 Å². The molecule has 3 rings (SSSR count). The van der Waals surface area contributed by atoms with E-state index in [1.54, 1.807) is 13.3 Å². The first kappa shape index (κ1) is 9.85. The van der Waals surface area contributed by atoms with E-state index >= 15 is 0 Å². The fourth-order valence-electron chi connectivity index (χ4n) is 2.70. The minimum Gasteiger partial charge on any atom is -0.495 e. The van der Waals surface area contributed by atoms with Gasteiger partial charge in [-0.3, -0.25) is 4.98 Å². The molecule has 3 heteroatoms. The number of allylic oxidation sites excluding steroid dienone is 1. The van der Waals surface area contributed by atoms with E-state index in [2.05, 4.69) is 22.4 Å². The molecular formula is C13H16N2O.